The molecule has 0 heterocycles. The van der Waals surface area contributed by atoms with Crippen LogP contribution in [0, 0.1) is 5.92 Å². The maximum Gasteiger partial charge on any atom is 0.302 e. The topological polar surface area (TPSA) is 44.8 Å². The van der Waals surface area contributed by atoms with Crippen molar-refractivity contribution >= 4 is 52.4 Å². The third-order valence-electron chi connectivity index (χ3n) is 4.53. The number of rotatable bonds is 5. The van der Waals surface area contributed by atoms with Crippen LogP contribution in [0.2, 0.25) is 0 Å². The summed E-state index contributed by atoms with van der Waals surface area (Å²) < 4.78 is 16.6. The van der Waals surface area contributed by atoms with Crippen molar-refractivity contribution in [3.8, 4) is 0 Å². The van der Waals surface area contributed by atoms with Gasteiger partial charge in [-0.1, -0.05) is 36.5 Å². The zero-order valence-electron chi connectivity index (χ0n) is 12.7. The van der Waals surface area contributed by atoms with Crippen molar-refractivity contribution in [2.75, 3.05) is 14.2 Å². The highest BCUT2D eigenvalue weighted by molar-refractivity contribution is 6.52. The van der Waals surface area contributed by atoms with Crippen LogP contribution in [-0.4, -0.2) is 41.8 Å². The van der Waals surface area contributed by atoms with Gasteiger partial charge in [-0.2, -0.15) is 0 Å². The quantitative estimate of drug-likeness (QED) is 0.403. The van der Waals surface area contributed by atoms with Gasteiger partial charge in [-0.15, -0.1) is 23.2 Å². The van der Waals surface area contributed by atoms with Crippen molar-refractivity contribution in [1.82, 2.24) is 0 Å². The second kappa shape index (κ2) is 5.98. The highest BCUT2D eigenvalue weighted by Gasteiger charge is 2.85. The summed E-state index contributed by atoms with van der Waals surface area (Å²) in [5.74, 6) is -2.41. The van der Waals surface area contributed by atoms with Gasteiger partial charge in [0.2, 0.25) is 5.79 Å². The van der Waals surface area contributed by atoms with Crippen molar-refractivity contribution in [3.63, 3.8) is 0 Å². The normalized spacial score (nSPS) is 39.5. The van der Waals surface area contributed by atoms with E-state index in [2.05, 4.69) is 0 Å². The Morgan fingerprint density at radius 3 is 2.05 bits per heavy atom. The zero-order chi connectivity index (χ0) is 16.9. The number of halogens is 4. The first-order valence-corrected chi connectivity index (χ1v) is 8.41. The Kier molecular flexibility index (Phi) is 5.06. The smallest absolute Gasteiger partial charge is 0.302 e. The second-order valence-electron chi connectivity index (χ2n) is 5.50. The van der Waals surface area contributed by atoms with Crippen LogP contribution >= 0.6 is 46.4 Å². The minimum absolute atomic E-state index is 0.0909. The van der Waals surface area contributed by atoms with E-state index < -0.39 is 33.5 Å². The van der Waals surface area contributed by atoms with Gasteiger partial charge in [0.05, 0.1) is 10.1 Å². The van der Waals surface area contributed by atoms with E-state index >= 15 is 0 Å². The summed E-state index contributed by atoms with van der Waals surface area (Å²) in [4.78, 5) is 8.73. The predicted octanol–water partition coefficient (Wildman–Crippen LogP) is 4.00. The molecule has 22 heavy (non-hydrogen) atoms. The molecule has 0 radical (unpaired) electrons. The van der Waals surface area contributed by atoms with Crippen molar-refractivity contribution in [2.45, 2.75) is 48.3 Å². The molecule has 0 saturated heterocycles. The summed E-state index contributed by atoms with van der Waals surface area (Å²) in [7, 11) is 2.83. The standard InChI is InChI=1S/C14H18Cl4O4/c1-5-6-8-11(22-7(2)19)13(18)10(16)9(15)12(8,17)14(13,20-3)21-4/h8,11H,5-6H2,1-4H3/t8-,11+,12-,13-/m1/s1. The fourth-order valence-electron chi connectivity index (χ4n) is 3.76. The van der Waals surface area contributed by atoms with Crippen molar-refractivity contribution in [2.24, 2.45) is 5.92 Å². The number of esters is 1. The van der Waals surface area contributed by atoms with Crippen LogP contribution in [0.4, 0.5) is 0 Å². The molecule has 8 heteroatoms. The first kappa shape index (κ1) is 18.6. The summed E-state index contributed by atoms with van der Waals surface area (Å²) >= 11 is 26.4. The average Bonchev–Trinajstić information content (AvgIpc) is 2.70. The molecule has 2 aliphatic rings. The van der Waals surface area contributed by atoms with E-state index in [-0.39, 0.29) is 10.1 Å². The number of ether oxygens (including phenoxy) is 3. The predicted molar refractivity (Wildman–Crippen MR) is 86.6 cm³/mol. The fraction of sp³-hybridized carbons (Fsp3) is 0.786. The number of carbonyl (C=O) groups excluding carboxylic acids is 1. The lowest BCUT2D eigenvalue weighted by Crippen LogP contribution is -2.58. The van der Waals surface area contributed by atoms with Crippen LogP contribution in [0.5, 0.6) is 0 Å². The van der Waals surface area contributed by atoms with Crippen molar-refractivity contribution < 1.29 is 19.0 Å². The minimum atomic E-state index is -1.53. The molecule has 4 nitrogen and oxygen atoms in total. The molecule has 0 aliphatic heterocycles. The third kappa shape index (κ3) is 1.88. The number of hydrogen-bond donors (Lipinski definition) is 0. The van der Waals surface area contributed by atoms with E-state index in [9.17, 15) is 4.79 Å². The SMILES string of the molecule is CCC[C@@H]1[C@H](OC(C)=O)[C@]2(Cl)C(Cl)=C(Cl)[C@@]1(Cl)C2(OC)OC. The zero-order valence-corrected chi connectivity index (χ0v) is 15.7. The van der Waals surface area contributed by atoms with Gasteiger partial charge in [0.25, 0.3) is 0 Å². The highest BCUT2D eigenvalue weighted by atomic mass is 35.5. The van der Waals surface area contributed by atoms with Crippen LogP contribution in [0.15, 0.2) is 10.1 Å². The first-order valence-electron chi connectivity index (χ1n) is 6.90. The number of alkyl halides is 2. The molecule has 0 N–H and O–H groups in total. The van der Waals surface area contributed by atoms with Gasteiger partial charge in [0.15, 0.2) is 4.87 Å². The molecular weight excluding hydrogens is 374 g/mol. The molecule has 2 rings (SSSR count). The Labute approximate surface area is 149 Å². The Morgan fingerprint density at radius 2 is 1.64 bits per heavy atom. The molecule has 0 aromatic rings. The van der Waals surface area contributed by atoms with Gasteiger partial charge in [-0.3, -0.25) is 4.79 Å². The highest BCUT2D eigenvalue weighted by Crippen LogP contribution is 2.72. The van der Waals surface area contributed by atoms with E-state index in [1.165, 1.54) is 21.1 Å². The van der Waals surface area contributed by atoms with Crippen LogP contribution in [-0.2, 0) is 19.0 Å². The maximum absolute atomic E-state index is 11.6. The van der Waals surface area contributed by atoms with Crippen LogP contribution in [0.25, 0.3) is 0 Å². The molecule has 0 spiro atoms. The molecule has 2 bridgehead atoms. The fourth-order valence-corrected chi connectivity index (χ4v) is 5.91. The number of carbonyl (C=O) groups is 1. The minimum Gasteiger partial charge on any atom is -0.460 e. The Bertz CT molecular complexity index is 519. The summed E-state index contributed by atoms with van der Waals surface area (Å²) in [6.45, 7) is 3.29. The van der Waals surface area contributed by atoms with Crippen LogP contribution < -0.4 is 0 Å². The van der Waals surface area contributed by atoms with E-state index in [1.54, 1.807) is 0 Å². The molecule has 1 fully saturated rings. The van der Waals surface area contributed by atoms with Gasteiger partial charge < -0.3 is 14.2 Å². The Hall–Kier alpha value is 0.290. The van der Waals surface area contributed by atoms with Crippen LogP contribution in [0.1, 0.15) is 26.7 Å². The summed E-state index contributed by atoms with van der Waals surface area (Å²) in [6.07, 6.45) is 0.596. The summed E-state index contributed by atoms with van der Waals surface area (Å²) in [5, 5.41) is 0.268. The van der Waals surface area contributed by atoms with Gasteiger partial charge in [-0.25, -0.2) is 0 Å². The summed E-state index contributed by atoms with van der Waals surface area (Å²) in [6, 6.07) is 0. The molecule has 0 aromatic carbocycles. The lowest BCUT2D eigenvalue weighted by molar-refractivity contribution is -0.223. The molecule has 126 valence electrons. The maximum atomic E-state index is 11.6. The summed E-state index contributed by atoms with van der Waals surface area (Å²) in [5.41, 5.74) is 0. The van der Waals surface area contributed by atoms with Crippen molar-refractivity contribution in [3.05, 3.63) is 10.1 Å². The lowest BCUT2D eigenvalue weighted by atomic mass is 9.85. The number of fused-ring (bicyclic) bond motifs is 2. The van der Waals surface area contributed by atoms with E-state index in [0.29, 0.717) is 6.42 Å². The van der Waals surface area contributed by atoms with E-state index in [4.69, 9.17) is 60.6 Å². The Balaban J connectivity index is 2.72. The molecule has 2 aliphatic carbocycles. The van der Waals surface area contributed by atoms with Gasteiger partial charge in [-0.05, 0) is 6.42 Å². The van der Waals surface area contributed by atoms with E-state index in [1.807, 2.05) is 6.92 Å². The molecule has 0 aromatic heterocycles. The Morgan fingerprint density at radius 1 is 1.14 bits per heavy atom. The third-order valence-corrected chi connectivity index (χ3v) is 7.16. The molecule has 0 unspecified atom stereocenters. The van der Waals surface area contributed by atoms with Gasteiger partial charge >= 0.3 is 5.97 Å². The first-order chi connectivity index (χ1) is 10.2. The van der Waals surface area contributed by atoms with Gasteiger partial charge in [0, 0.05) is 27.1 Å². The molecule has 1 saturated carbocycles. The number of methoxy groups -OCH3 is 2. The molecule has 4 atom stereocenters. The lowest BCUT2D eigenvalue weighted by Gasteiger charge is -2.40. The van der Waals surface area contributed by atoms with Gasteiger partial charge in [0.1, 0.15) is 11.0 Å². The van der Waals surface area contributed by atoms with Crippen LogP contribution in [0.3, 0.4) is 0 Å². The molecular formula is C14H18Cl4O4. The average molecular weight is 392 g/mol. The van der Waals surface area contributed by atoms with Crippen molar-refractivity contribution in [1.29, 1.82) is 0 Å². The molecule has 0 amide bonds. The largest absolute Gasteiger partial charge is 0.460 e. The second-order valence-corrected chi connectivity index (χ2v) is 7.45. The van der Waals surface area contributed by atoms with E-state index in [0.717, 1.165) is 6.42 Å². The monoisotopic (exact) mass is 390 g/mol. The number of hydrogen-bond acceptors (Lipinski definition) is 4.